The van der Waals surface area contributed by atoms with Gasteiger partial charge in [0.2, 0.25) is 5.91 Å². The zero-order valence-electron chi connectivity index (χ0n) is 13.3. The third kappa shape index (κ3) is 2.42. The number of hydrogen-bond donors (Lipinski definition) is 2. The van der Waals surface area contributed by atoms with Crippen molar-refractivity contribution < 1.29 is 19.2 Å². The van der Waals surface area contributed by atoms with Gasteiger partial charge in [-0.2, -0.15) is 0 Å². The average Bonchev–Trinajstić information content (AvgIpc) is 2.87. The lowest BCUT2D eigenvalue weighted by molar-refractivity contribution is -0.130. The van der Waals surface area contributed by atoms with Crippen LogP contribution in [0.1, 0.15) is 20.7 Å². The molecule has 3 heterocycles. The van der Waals surface area contributed by atoms with E-state index in [2.05, 4.69) is 15.5 Å². The molecule has 1 saturated heterocycles. The molecule has 1 aromatic rings. The highest BCUT2D eigenvalue weighted by Gasteiger charge is 2.44. The normalized spacial score (nSPS) is 23.1. The van der Waals surface area contributed by atoms with Crippen molar-refractivity contribution >= 4 is 29.3 Å². The third-order valence-electron chi connectivity index (χ3n) is 4.61. The Labute approximate surface area is 143 Å². The second kappa shape index (κ2) is 5.82. The number of piperazine rings is 1. The lowest BCUT2D eigenvalue weighted by Crippen LogP contribution is -2.52. The quantitative estimate of drug-likeness (QED) is 0.689. The summed E-state index contributed by atoms with van der Waals surface area (Å²) in [5.41, 5.74) is 1.32. The molecule has 0 saturated carbocycles. The van der Waals surface area contributed by atoms with Gasteiger partial charge in [0.05, 0.1) is 16.8 Å². The smallest absolute Gasteiger partial charge is 0.264 e. The van der Waals surface area contributed by atoms with Gasteiger partial charge in [-0.25, -0.2) is 0 Å². The van der Waals surface area contributed by atoms with E-state index in [1.54, 1.807) is 12.1 Å². The van der Waals surface area contributed by atoms with Gasteiger partial charge in [-0.3, -0.25) is 29.4 Å². The summed E-state index contributed by atoms with van der Waals surface area (Å²) in [7, 11) is 0. The molecule has 4 amide bonds. The highest BCUT2D eigenvalue weighted by molar-refractivity contribution is 6.26. The second-order valence-electron chi connectivity index (χ2n) is 6.07. The Morgan fingerprint density at radius 1 is 1.00 bits per heavy atom. The minimum atomic E-state index is -1.11. The van der Waals surface area contributed by atoms with E-state index in [1.807, 2.05) is 6.07 Å². The molecule has 0 radical (unpaired) electrons. The van der Waals surface area contributed by atoms with Crippen molar-refractivity contribution in [2.24, 2.45) is 0 Å². The number of hydrogen-bond acceptors (Lipinski definition) is 6. The van der Waals surface area contributed by atoms with Crippen molar-refractivity contribution in [3.05, 3.63) is 41.5 Å². The van der Waals surface area contributed by atoms with Crippen LogP contribution in [0.5, 0.6) is 0 Å². The first-order valence-corrected chi connectivity index (χ1v) is 8.07. The number of rotatable bonds is 2. The fourth-order valence-corrected chi connectivity index (χ4v) is 3.41. The monoisotopic (exact) mass is 340 g/mol. The maximum atomic E-state index is 13.0. The zero-order chi connectivity index (χ0) is 17.6. The molecule has 3 aliphatic rings. The number of benzene rings is 1. The van der Waals surface area contributed by atoms with Crippen LogP contribution >= 0.6 is 0 Å². The highest BCUT2D eigenvalue weighted by atomic mass is 16.2. The van der Waals surface area contributed by atoms with E-state index in [0.717, 1.165) is 37.2 Å². The highest BCUT2D eigenvalue weighted by Crippen LogP contribution is 2.33. The summed E-state index contributed by atoms with van der Waals surface area (Å²) in [4.78, 5) is 52.0. The first-order valence-electron chi connectivity index (χ1n) is 8.07. The molecular formula is C17H16N4O4. The summed E-state index contributed by atoms with van der Waals surface area (Å²) in [6.07, 6.45) is 2.44. The summed E-state index contributed by atoms with van der Waals surface area (Å²) in [5, 5.41) is 5.37. The van der Waals surface area contributed by atoms with E-state index in [-0.39, 0.29) is 0 Å². The SMILES string of the molecule is O=C1C=CC(N2C(=O)c3cccc(N4CCNCC4)c3C2=O)C(=O)N1. The summed E-state index contributed by atoms with van der Waals surface area (Å²) in [6, 6.07) is 4.04. The van der Waals surface area contributed by atoms with Gasteiger partial charge in [0, 0.05) is 32.3 Å². The average molecular weight is 340 g/mol. The van der Waals surface area contributed by atoms with Crippen molar-refractivity contribution in [1.29, 1.82) is 0 Å². The molecule has 0 bridgehead atoms. The first-order chi connectivity index (χ1) is 12.1. The predicted molar refractivity (Wildman–Crippen MR) is 88.1 cm³/mol. The maximum Gasteiger partial charge on any atom is 0.264 e. The van der Waals surface area contributed by atoms with Crippen LogP contribution in [0.2, 0.25) is 0 Å². The molecule has 1 fully saturated rings. The molecule has 1 aromatic carbocycles. The first kappa shape index (κ1) is 15.5. The van der Waals surface area contributed by atoms with Gasteiger partial charge in [0.15, 0.2) is 0 Å². The second-order valence-corrected chi connectivity index (χ2v) is 6.07. The summed E-state index contributed by atoms with van der Waals surface area (Å²) >= 11 is 0. The number of amides is 4. The van der Waals surface area contributed by atoms with Crippen molar-refractivity contribution in [2.75, 3.05) is 31.1 Å². The number of anilines is 1. The Bertz CT molecular complexity index is 826. The predicted octanol–water partition coefficient (Wildman–Crippen LogP) is -0.727. The maximum absolute atomic E-state index is 13.0. The largest absolute Gasteiger partial charge is 0.368 e. The van der Waals surface area contributed by atoms with Crippen LogP contribution in [0.4, 0.5) is 5.69 Å². The molecule has 128 valence electrons. The lowest BCUT2D eigenvalue weighted by atomic mass is 10.1. The Balaban J connectivity index is 1.74. The van der Waals surface area contributed by atoms with E-state index in [1.165, 1.54) is 6.08 Å². The van der Waals surface area contributed by atoms with Gasteiger partial charge in [-0.15, -0.1) is 0 Å². The van der Waals surface area contributed by atoms with Crippen molar-refractivity contribution in [3.8, 4) is 0 Å². The van der Waals surface area contributed by atoms with Crippen molar-refractivity contribution in [3.63, 3.8) is 0 Å². The van der Waals surface area contributed by atoms with Crippen LogP contribution in [-0.2, 0) is 9.59 Å². The molecule has 1 atom stereocenters. The number of fused-ring (bicyclic) bond motifs is 1. The van der Waals surface area contributed by atoms with Crippen LogP contribution in [0.25, 0.3) is 0 Å². The standard InChI is InChI=1S/C17H16N4O4/c22-13-5-4-12(15(23)19-13)21-16(24)10-2-1-3-11(14(10)17(21)25)20-8-6-18-7-9-20/h1-5,12,18H,6-9H2,(H,19,22,23). The number of imide groups is 2. The van der Waals surface area contributed by atoms with Crippen molar-refractivity contribution in [1.82, 2.24) is 15.5 Å². The van der Waals surface area contributed by atoms with Gasteiger partial charge in [-0.1, -0.05) is 6.07 Å². The van der Waals surface area contributed by atoms with Gasteiger partial charge < -0.3 is 10.2 Å². The summed E-state index contributed by atoms with van der Waals surface area (Å²) in [5.74, 6) is -2.26. The molecule has 2 N–H and O–H groups in total. The molecule has 1 unspecified atom stereocenters. The third-order valence-corrected chi connectivity index (χ3v) is 4.61. The molecular weight excluding hydrogens is 324 g/mol. The molecule has 0 aliphatic carbocycles. The Morgan fingerprint density at radius 2 is 1.76 bits per heavy atom. The molecule has 4 rings (SSSR count). The Kier molecular flexibility index (Phi) is 3.61. The molecule has 0 spiro atoms. The summed E-state index contributed by atoms with van der Waals surface area (Å²) in [6.45, 7) is 3.06. The van der Waals surface area contributed by atoms with Crippen LogP contribution in [0.15, 0.2) is 30.4 Å². The molecule has 3 aliphatic heterocycles. The molecule has 0 aromatic heterocycles. The van der Waals surface area contributed by atoms with E-state index in [4.69, 9.17) is 0 Å². The van der Waals surface area contributed by atoms with Crippen LogP contribution < -0.4 is 15.5 Å². The molecule has 8 nitrogen and oxygen atoms in total. The minimum absolute atomic E-state index is 0.291. The topological polar surface area (TPSA) is 98.8 Å². The van der Waals surface area contributed by atoms with Gasteiger partial charge >= 0.3 is 0 Å². The van der Waals surface area contributed by atoms with Gasteiger partial charge in [0.25, 0.3) is 17.7 Å². The summed E-state index contributed by atoms with van der Waals surface area (Å²) < 4.78 is 0. The lowest BCUT2D eigenvalue weighted by Gasteiger charge is -2.30. The Morgan fingerprint density at radius 3 is 2.48 bits per heavy atom. The van der Waals surface area contributed by atoms with E-state index in [9.17, 15) is 19.2 Å². The number of carbonyl (C=O) groups is 4. The number of carbonyl (C=O) groups excluding carboxylic acids is 4. The van der Waals surface area contributed by atoms with Gasteiger partial charge in [-0.05, 0) is 18.2 Å². The van der Waals surface area contributed by atoms with Crippen molar-refractivity contribution in [2.45, 2.75) is 6.04 Å². The van der Waals surface area contributed by atoms with Crippen LogP contribution in [-0.4, -0.2) is 60.7 Å². The van der Waals surface area contributed by atoms with E-state index in [0.29, 0.717) is 16.8 Å². The fourth-order valence-electron chi connectivity index (χ4n) is 3.41. The van der Waals surface area contributed by atoms with Gasteiger partial charge in [0.1, 0.15) is 6.04 Å². The molecule has 25 heavy (non-hydrogen) atoms. The van der Waals surface area contributed by atoms with Crippen LogP contribution in [0, 0.1) is 0 Å². The number of nitrogens with one attached hydrogen (secondary N) is 2. The minimum Gasteiger partial charge on any atom is -0.368 e. The number of nitrogens with zero attached hydrogens (tertiary/aromatic N) is 2. The van der Waals surface area contributed by atoms with E-state index >= 15 is 0 Å². The van der Waals surface area contributed by atoms with E-state index < -0.39 is 29.7 Å². The Hall–Kier alpha value is -3.00. The van der Waals surface area contributed by atoms with Crippen LogP contribution in [0.3, 0.4) is 0 Å². The molecule has 8 heteroatoms. The fraction of sp³-hybridized carbons (Fsp3) is 0.294. The zero-order valence-corrected chi connectivity index (χ0v) is 13.3.